The quantitative estimate of drug-likeness (QED) is 0.382. The van der Waals surface area contributed by atoms with Gasteiger partial charge in [0, 0.05) is 28.9 Å². The van der Waals surface area contributed by atoms with E-state index in [1.165, 1.54) is 11.3 Å². The van der Waals surface area contributed by atoms with E-state index in [0.717, 1.165) is 38.7 Å². The fourth-order valence-electron chi connectivity index (χ4n) is 3.93. The summed E-state index contributed by atoms with van der Waals surface area (Å²) in [6.45, 7) is 7.53. The summed E-state index contributed by atoms with van der Waals surface area (Å²) in [5.74, 6) is 0.730. The van der Waals surface area contributed by atoms with E-state index in [4.69, 9.17) is 9.47 Å². The standard InChI is InChI=1S/C26H28N2O4S/c1-15(28(5)25(30)32-26(2,3)4)16-7-9-17(10-8-16)21-20(31-6)12-11-19-22(21)18-13-14-33-23(18)24(29)27-19/h7-15H,1-6H3,(H,27,29)/t15-/m1/s1. The molecular weight excluding hydrogens is 436 g/mol. The third-order valence-corrected chi connectivity index (χ3v) is 6.63. The van der Waals surface area contributed by atoms with Crippen molar-refractivity contribution in [3.63, 3.8) is 0 Å². The number of fused-ring (bicyclic) bond motifs is 3. The largest absolute Gasteiger partial charge is 0.496 e. The van der Waals surface area contributed by atoms with Crippen molar-refractivity contribution >= 4 is 38.4 Å². The van der Waals surface area contributed by atoms with Gasteiger partial charge in [-0.15, -0.1) is 11.3 Å². The van der Waals surface area contributed by atoms with Gasteiger partial charge in [-0.2, -0.15) is 0 Å². The van der Waals surface area contributed by atoms with Crippen LogP contribution < -0.4 is 10.3 Å². The Kier molecular flexibility index (Phi) is 5.93. The Morgan fingerprint density at radius 2 is 1.79 bits per heavy atom. The van der Waals surface area contributed by atoms with Gasteiger partial charge in [0.2, 0.25) is 0 Å². The molecule has 4 rings (SSSR count). The average Bonchev–Trinajstić information content (AvgIpc) is 3.27. The average molecular weight is 465 g/mol. The molecule has 0 radical (unpaired) electrons. The zero-order chi connectivity index (χ0) is 23.9. The summed E-state index contributed by atoms with van der Waals surface area (Å²) in [5, 5.41) is 3.80. The third kappa shape index (κ3) is 4.33. The summed E-state index contributed by atoms with van der Waals surface area (Å²) in [7, 11) is 3.39. The minimum Gasteiger partial charge on any atom is -0.496 e. The molecule has 0 saturated carbocycles. The number of pyridine rings is 1. The SMILES string of the molecule is COc1ccc2[nH]c(=O)c3sccc3c2c1-c1ccc([C@@H](C)N(C)C(=O)OC(C)(C)C)cc1. The zero-order valence-corrected chi connectivity index (χ0v) is 20.5. The van der Waals surface area contributed by atoms with Crippen LogP contribution in [0.15, 0.2) is 52.6 Å². The van der Waals surface area contributed by atoms with Crippen LogP contribution in [0.1, 0.15) is 39.3 Å². The lowest BCUT2D eigenvalue weighted by Crippen LogP contribution is -2.35. The first-order chi connectivity index (χ1) is 15.6. The Balaban J connectivity index is 1.77. The van der Waals surface area contributed by atoms with E-state index < -0.39 is 5.60 Å². The molecule has 0 bridgehead atoms. The molecular formula is C26H28N2O4S. The molecule has 0 aliphatic carbocycles. The van der Waals surface area contributed by atoms with Crippen LogP contribution in [0.2, 0.25) is 0 Å². The van der Waals surface area contributed by atoms with Crippen LogP contribution in [0.5, 0.6) is 5.75 Å². The topological polar surface area (TPSA) is 71.6 Å². The molecule has 6 nitrogen and oxygen atoms in total. The van der Waals surface area contributed by atoms with Gasteiger partial charge < -0.3 is 19.4 Å². The molecule has 0 spiro atoms. The first kappa shape index (κ1) is 22.9. The smallest absolute Gasteiger partial charge is 0.410 e. The molecule has 1 atom stereocenters. The number of methoxy groups -OCH3 is 1. The molecule has 4 aromatic rings. The Bertz CT molecular complexity index is 1380. The van der Waals surface area contributed by atoms with Gasteiger partial charge >= 0.3 is 6.09 Å². The minimum absolute atomic E-state index is 0.0852. The number of carbonyl (C=O) groups excluding carboxylic acids is 1. The molecule has 0 aliphatic heterocycles. The van der Waals surface area contributed by atoms with Crippen molar-refractivity contribution in [1.29, 1.82) is 0 Å². The number of nitrogens with zero attached hydrogens (tertiary/aromatic N) is 1. The molecule has 0 fully saturated rings. The lowest BCUT2D eigenvalue weighted by Gasteiger charge is -2.29. The number of thiophene rings is 1. The maximum absolute atomic E-state index is 12.5. The Labute approximate surface area is 196 Å². The second-order valence-corrected chi connectivity index (χ2v) is 9.99. The molecule has 1 amide bonds. The second-order valence-electron chi connectivity index (χ2n) is 9.07. The number of aromatic amines is 1. The Morgan fingerprint density at radius 1 is 1.09 bits per heavy atom. The van der Waals surface area contributed by atoms with E-state index in [9.17, 15) is 9.59 Å². The highest BCUT2D eigenvalue weighted by molar-refractivity contribution is 7.17. The summed E-state index contributed by atoms with van der Waals surface area (Å²) in [6, 6.07) is 13.6. The molecule has 33 heavy (non-hydrogen) atoms. The number of rotatable bonds is 4. The fraction of sp³-hybridized carbons (Fsp3) is 0.308. The molecule has 0 unspecified atom stereocenters. The van der Waals surface area contributed by atoms with Gasteiger partial charge in [-0.1, -0.05) is 24.3 Å². The van der Waals surface area contributed by atoms with Crippen molar-refractivity contribution in [2.24, 2.45) is 0 Å². The lowest BCUT2D eigenvalue weighted by atomic mass is 9.95. The van der Waals surface area contributed by atoms with E-state index in [1.807, 2.05) is 75.5 Å². The molecule has 0 saturated heterocycles. The molecule has 0 aliphatic rings. The van der Waals surface area contributed by atoms with Crippen LogP contribution in [0.25, 0.3) is 32.1 Å². The summed E-state index contributed by atoms with van der Waals surface area (Å²) < 4.78 is 11.9. The minimum atomic E-state index is -0.548. The Morgan fingerprint density at radius 3 is 2.42 bits per heavy atom. The van der Waals surface area contributed by atoms with Gasteiger partial charge in [-0.25, -0.2) is 4.79 Å². The number of ether oxygens (including phenoxy) is 2. The van der Waals surface area contributed by atoms with Crippen LogP contribution in [0.4, 0.5) is 4.79 Å². The number of hydrogen-bond donors (Lipinski definition) is 1. The summed E-state index contributed by atoms with van der Waals surface area (Å²) in [5.41, 5.74) is 3.01. The predicted molar refractivity (Wildman–Crippen MR) is 134 cm³/mol. The molecule has 1 N–H and O–H groups in total. The maximum atomic E-state index is 12.5. The highest BCUT2D eigenvalue weighted by Gasteiger charge is 2.24. The van der Waals surface area contributed by atoms with Crippen molar-refractivity contribution in [3.8, 4) is 16.9 Å². The van der Waals surface area contributed by atoms with Crippen LogP contribution in [0.3, 0.4) is 0 Å². The van der Waals surface area contributed by atoms with Crippen LogP contribution >= 0.6 is 11.3 Å². The summed E-state index contributed by atoms with van der Waals surface area (Å²) in [6.07, 6.45) is -0.362. The van der Waals surface area contributed by atoms with Crippen LogP contribution in [-0.2, 0) is 4.74 Å². The van der Waals surface area contributed by atoms with Crippen LogP contribution in [-0.4, -0.2) is 35.7 Å². The normalized spacial score (nSPS) is 12.7. The number of amides is 1. The molecule has 7 heteroatoms. The van der Waals surface area contributed by atoms with Gasteiger partial charge in [-0.3, -0.25) is 4.79 Å². The zero-order valence-electron chi connectivity index (χ0n) is 19.7. The fourth-order valence-corrected chi connectivity index (χ4v) is 4.72. The van der Waals surface area contributed by atoms with Crippen molar-refractivity contribution < 1.29 is 14.3 Å². The number of benzene rings is 2. The van der Waals surface area contributed by atoms with E-state index in [1.54, 1.807) is 19.1 Å². The third-order valence-electron chi connectivity index (χ3n) is 5.72. The monoisotopic (exact) mass is 464 g/mol. The Hall–Kier alpha value is -3.32. The van der Waals surface area contributed by atoms with Crippen molar-refractivity contribution in [2.75, 3.05) is 14.2 Å². The molecule has 2 heterocycles. The van der Waals surface area contributed by atoms with E-state index in [2.05, 4.69) is 4.98 Å². The summed E-state index contributed by atoms with van der Waals surface area (Å²) in [4.78, 5) is 29.5. The van der Waals surface area contributed by atoms with Crippen LogP contribution in [0, 0.1) is 0 Å². The van der Waals surface area contributed by atoms with E-state index in [-0.39, 0.29) is 17.7 Å². The molecule has 172 valence electrons. The lowest BCUT2D eigenvalue weighted by molar-refractivity contribution is 0.0234. The first-order valence-corrected chi connectivity index (χ1v) is 11.6. The number of H-pyrrole nitrogens is 1. The van der Waals surface area contributed by atoms with Gasteiger partial charge in [-0.05, 0) is 62.4 Å². The summed E-state index contributed by atoms with van der Waals surface area (Å²) >= 11 is 1.43. The van der Waals surface area contributed by atoms with Crippen molar-refractivity contribution in [2.45, 2.75) is 39.3 Å². The number of hydrogen-bond acceptors (Lipinski definition) is 5. The van der Waals surface area contributed by atoms with Crippen molar-refractivity contribution in [3.05, 3.63) is 63.8 Å². The predicted octanol–water partition coefficient (Wildman–Crippen LogP) is 6.35. The van der Waals surface area contributed by atoms with Gasteiger partial charge in [0.1, 0.15) is 16.1 Å². The number of aromatic nitrogens is 1. The number of carbonyl (C=O) groups is 1. The number of nitrogens with one attached hydrogen (secondary N) is 1. The van der Waals surface area contributed by atoms with Gasteiger partial charge in [0.25, 0.3) is 5.56 Å². The van der Waals surface area contributed by atoms with E-state index >= 15 is 0 Å². The second kappa shape index (κ2) is 8.56. The molecule has 2 aromatic heterocycles. The molecule has 2 aromatic carbocycles. The highest BCUT2D eigenvalue weighted by Crippen LogP contribution is 2.40. The van der Waals surface area contributed by atoms with Gasteiger partial charge in [0.05, 0.1) is 13.2 Å². The highest BCUT2D eigenvalue weighted by atomic mass is 32.1. The van der Waals surface area contributed by atoms with E-state index in [0.29, 0.717) is 4.70 Å². The van der Waals surface area contributed by atoms with Gasteiger partial charge in [0.15, 0.2) is 0 Å². The maximum Gasteiger partial charge on any atom is 0.410 e. The van der Waals surface area contributed by atoms with Crippen molar-refractivity contribution in [1.82, 2.24) is 9.88 Å². The first-order valence-electron chi connectivity index (χ1n) is 10.8.